The van der Waals surface area contributed by atoms with E-state index in [1.54, 1.807) is 18.4 Å². The first-order valence-corrected chi connectivity index (χ1v) is 8.30. The Hall–Kier alpha value is -2.89. The zero-order valence-electron chi connectivity index (χ0n) is 14.6. The molecule has 0 spiro atoms. The number of nitrogens with one attached hydrogen (secondary N) is 1. The van der Waals surface area contributed by atoms with E-state index in [0.29, 0.717) is 29.8 Å². The van der Waals surface area contributed by atoms with Crippen molar-refractivity contribution in [3.63, 3.8) is 0 Å². The minimum atomic E-state index is -0.0750. The van der Waals surface area contributed by atoms with Gasteiger partial charge in [0.1, 0.15) is 0 Å². The highest BCUT2D eigenvalue weighted by molar-refractivity contribution is 5.92. The van der Waals surface area contributed by atoms with E-state index in [-0.39, 0.29) is 12.3 Å². The van der Waals surface area contributed by atoms with Crippen LogP contribution in [0.5, 0.6) is 0 Å². The smallest absolute Gasteiger partial charge is 0.238 e. The highest BCUT2D eigenvalue weighted by Crippen LogP contribution is 2.27. The van der Waals surface area contributed by atoms with Crippen LogP contribution in [0.15, 0.2) is 45.5 Å². The molecule has 6 nitrogen and oxygen atoms in total. The van der Waals surface area contributed by atoms with E-state index in [1.165, 1.54) is 0 Å². The summed E-state index contributed by atoms with van der Waals surface area (Å²) in [6.07, 6.45) is 2.20. The van der Waals surface area contributed by atoms with Crippen molar-refractivity contribution in [2.75, 3.05) is 5.32 Å². The fourth-order valence-electron chi connectivity index (χ4n) is 2.63. The SMILES string of the molecule is Cc1cccc(C(C)C)c1NC(=O)CCc1nc(-c2ccco2)no1. The van der Waals surface area contributed by atoms with Crippen LogP contribution in [0.4, 0.5) is 5.69 Å². The molecule has 0 bridgehead atoms. The molecule has 3 aromatic rings. The molecule has 2 heterocycles. The first-order chi connectivity index (χ1) is 12.0. The lowest BCUT2D eigenvalue weighted by molar-refractivity contribution is -0.116. The van der Waals surface area contributed by atoms with E-state index < -0.39 is 0 Å². The van der Waals surface area contributed by atoms with Gasteiger partial charge in [-0.25, -0.2) is 0 Å². The molecule has 0 saturated heterocycles. The molecule has 1 amide bonds. The largest absolute Gasteiger partial charge is 0.461 e. The summed E-state index contributed by atoms with van der Waals surface area (Å²) < 4.78 is 10.4. The Labute approximate surface area is 146 Å². The van der Waals surface area contributed by atoms with Gasteiger partial charge >= 0.3 is 0 Å². The third kappa shape index (κ3) is 3.96. The zero-order valence-corrected chi connectivity index (χ0v) is 14.6. The maximum Gasteiger partial charge on any atom is 0.238 e. The molecule has 0 unspecified atom stereocenters. The quantitative estimate of drug-likeness (QED) is 0.723. The monoisotopic (exact) mass is 339 g/mol. The average Bonchev–Trinajstić information content (AvgIpc) is 3.25. The number of furan rings is 1. The van der Waals surface area contributed by atoms with Gasteiger partial charge in [0.25, 0.3) is 0 Å². The second kappa shape index (κ2) is 7.34. The van der Waals surface area contributed by atoms with Crippen molar-refractivity contribution in [3.05, 3.63) is 53.6 Å². The Bertz CT molecular complexity index is 851. The van der Waals surface area contributed by atoms with E-state index >= 15 is 0 Å². The summed E-state index contributed by atoms with van der Waals surface area (Å²) in [5.41, 5.74) is 3.08. The topological polar surface area (TPSA) is 81.2 Å². The molecule has 0 aliphatic rings. The average molecular weight is 339 g/mol. The van der Waals surface area contributed by atoms with E-state index in [0.717, 1.165) is 16.8 Å². The summed E-state index contributed by atoms with van der Waals surface area (Å²) >= 11 is 0. The summed E-state index contributed by atoms with van der Waals surface area (Å²) in [4.78, 5) is 16.6. The molecular weight excluding hydrogens is 318 g/mol. The van der Waals surface area contributed by atoms with E-state index in [1.807, 2.05) is 25.1 Å². The van der Waals surface area contributed by atoms with Gasteiger partial charge in [-0.15, -0.1) is 0 Å². The molecule has 0 aliphatic heterocycles. The molecule has 25 heavy (non-hydrogen) atoms. The molecular formula is C19H21N3O3. The van der Waals surface area contributed by atoms with Crippen molar-refractivity contribution in [1.29, 1.82) is 0 Å². The predicted octanol–water partition coefficient (Wildman–Crippen LogP) is 4.33. The van der Waals surface area contributed by atoms with Gasteiger partial charge in [-0.2, -0.15) is 4.98 Å². The third-order valence-electron chi connectivity index (χ3n) is 3.97. The van der Waals surface area contributed by atoms with Crippen LogP contribution < -0.4 is 5.32 Å². The van der Waals surface area contributed by atoms with Gasteiger partial charge in [0, 0.05) is 18.5 Å². The van der Waals surface area contributed by atoms with Gasteiger partial charge < -0.3 is 14.3 Å². The van der Waals surface area contributed by atoms with Gasteiger partial charge in [-0.3, -0.25) is 4.79 Å². The first kappa shape index (κ1) is 17.0. The van der Waals surface area contributed by atoms with E-state index in [9.17, 15) is 4.79 Å². The van der Waals surface area contributed by atoms with Gasteiger partial charge in [-0.1, -0.05) is 37.2 Å². The first-order valence-electron chi connectivity index (χ1n) is 8.30. The number of hydrogen-bond acceptors (Lipinski definition) is 5. The molecule has 1 aromatic carbocycles. The normalized spacial score (nSPS) is 11.0. The fourth-order valence-corrected chi connectivity index (χ4v) is 2.63. The van der Waals surface area contributed by atoms with Crippen LogP contribution in [0, 0.1) is 6.92 Å². The number of anilines is 1. The predicted molar refractivity (Wildman–Crippen MR) is 94.2 cm³/mol. The summed E-state index contributed by atoms with van der Waals surface area (Å²) in [5, 5.41) is 6.88. The standard InChI is InChI=1S/C19H21N3O3/c1-12(2)14-7-4-6-13(3)18(14)20-16(23)9-10-17-21-19(22-25-17)15-8-5-11-24-15/h4-8,11-12H,9-10H2,1-3H3,(H,20,23). The maximum atomic E-state index is 12.3. The number of nitrogens with zero attached hydrogens (tertiary/aromatic N) is 2. The van der Waals surface area contributed by atoms with Crippen molar-refractivity contribution in [3.8, 4) is 11.6 Å². The van der Waals surface area contributed by atoms with E-state index in [2.05, 4.69) is 29.3 Å². The van der Waals surface area contributed by atoms with Gasteiger partial charge in [0.05, 0.1) is 6.26 Å². The summed E-state index contributed by atoms with van der Waals surface area (Å²) in [6, 6.07) is 9.56. The van der Waals surface area contributed by atoms with Crippen LogP contribution in [0.2, 0.25) is 0 Å². The zero-order chi connectivity index (χ0) is 17.8. The molecule has 0 fully saturated rings. The Morgan fingerprint density at radius 1 is 1.24 bits per heavy atom. The molecule has 3 rings (SSSR count). The molecule has 130 valence electrons. The second-order valence-electron chi connectivity index (χ2n) is 6.23. The minimum absolute atomic E-state index is 0.0750. The highest BCUT2D eigenvalue weighted by Gasteiger charge is 2.15. The van der Waals surface area contributed by atoms with Crippen molar-refractivity contribution in [2.45, 2.75) is 39.5 Å². The van der Waals surface area contributed by atoms with Crippen LogP contribution in [0.1, 0.15) is 43.2 Å². The maximum absolute atomic E-state index is 12.3. The van der Waals surface area contributed by atoms with Crippen molar-refractivity contribution >= 4 is 11.6 Å². The lowest BCUT2D eigenvalue weighted by Gasteiger charge is -2.16. The minimum Gasteiger partial charge on any atom is -0.461 e. The molecule has 0 atom stereocenters. The molecule has 2 aromatic heterocycles. The van der Waals surface area contributed by atoms with Crippen LogP contribution in [-0.4, -0.2) is 16.0 Å². The molecule has 1 N–H and O–H groups in total. The third-order valence-corrected chi connectivity index (χ3v) is 3.97. The van der Waals surface area contributed by atoms with Crippen LogP contribution in [0.25, 0.3) is 11.6 Å². The number of carbonyl (C=O) groups excluding carboxylic acids is 1. The Balaban J connectivity index is 1.63. The second-order valence-corrected chi connectivity index (χ2v) is 6.23. The number of rotatable bonds is 6. The van der Waals surface area contributed by atoms with Crippen LogP contribution in [0.3, 0.4) is 0 Å². The Morgan fingerprint density at radius 2 is 2.08 bits per heavy atom. The Kier molecular flexibility index (Phi) is 4.97. The number of carbonyl (C=O) groups is 1. The summed E-state index contributed by atoms with van der Waals surface area (Å²) in [7, 11) is 0. The Morgan fingerprint density at radius 3 is 2.80 bits per heavy atom. The van der Waals surface area contributed by atoms with Gasteiger partial charge in [0.15, 0.2) is 5.76 Å². The summed E-state index contributed by atoms with van der Waals surface area (Å²) in [6.45, 7) is 6.22. The lowest BCUT2D eigenvalue weighted by atomic mass is 9.98. The summed E-state index contributed by atoms with van der Waals surface area (Å²) in [5.74, 6) is 1.61. The molecule has 0 saturated carbocycles. The number of hydrogen-bond donors (Lipinski definition) is 1. The number of aryl methyl sites for hydroxylation is 2. The highest BCUT2D eigenvalue weighted by atomic mass is 16.5. The molecule has 6 heteroatoms. The van der Waals surface area contributed by atoms with Crippen molar-refractivity contribution in [1.82, 2.24) is 10.1 Å². The number of para-hydroxylation sites is 1. The number of amides is 1. The van der Waals surface area contributed by atoms with Crippen molar-refractivity contribution < 1.29 is 13.7 Å². The molecule has 0 radical (unpaired) electrons. The van der Waals surface area contributed by atoms with Gasteiger partial charge in [0.2, 0.25) is 17.6 Å². The molecule has 0 aliphatic carbocycles. The fraction of sp³-hybridized carbons (Fsp3) is 0.316. The number of benzene rings is 1. The number of aromatic nitrogens is 2. The van der Waals surface area contributed by atoms with Crippen LogP contribution >= 0.6 is 0 Å². The van der Waals surface area contributed by atoms with Crippen LogP contribution in [-0.2, 0) is 11.2 Å². The lowest BCUT2D eigenvalue weighted by Crippen LogP contribution is -2.15. The van der Waals surface area contributed by atoms with Gasteiger partial charge in [-0.05, 0) is 36.1 Å². The van der Waals surface area contributed by atoms with E-state index in [4.69, 9.17) is 8.94 Å². The van der Waals surface area contributed by atoms with Crippen molar-refractivity contribution in [2.24, 2.45) is 0 Å².